The molecule has 122 valence electrons. The van der Waals surface area contributed by atoms with Gasteiger partial charge < -0.3 is 15.7 Å². The Morgan fingerprint density at radius 1 is 1.17 bits per heavy atom. The van der Waals surface area contributed by atoms with E-state index in [1.165, 1.54) is 0 Å². The van der Waals surface area contributed by atoms with Gasteiger partial charge in [-0.1, -0.05) is 18.2 Å². The molecule has 5 nitrogen and oxygen atoms in total. The number of phenols is 1. The van der Waals surface area contributed by atoms with E-state index in [0.29, 0.717) is 6.54 Å². The van der Waals surface area contributed by atoms with Gasteiger partial charge in [0.15, 0.2) is 0 Å². The molecule has 0 fully saturated rings. The molecule has 1 heterocycles. The standard InChI is InChI=1S/C18H23N3O2/c1-13-4-9-17(21-12-13)19-10-3-11-20-18(23)14(2)15-5-7-16(22)8-6-15/h4-9,12,14,22H,3,10-11H2,1-2H3,(H,19,21)(H,20,23)/t14-/m1/s1. The van der Waals surface area contributed by atoms with Crippen molar-refractivity contribution in [1.82, 2.24) is 10.3 Å². The van der Waals surface area contributed by atoms with Crippen LogP contribution in [0.1, 0.15) is 30.4 Å². The highest BCUT2D eigenvalue weighted by Gasteiger charge is 2.14. The third-order valence-corrected chi connectivity index (χ3v) is 3.66. The molecule has 0 spiro atoms. The smallest absolute Gasteiger partial charge is 0.227 e. The Bertz CT molecular complexity index is 624. The monoisotopic (exact) mass is 313 g/mol. The highest BCUT2D eigenvalue weighted by molar-refractivity contribution is 5.83. The summed E-state index contributed by atoms with van der Waals surface area (Å²) >= 11 is 0. The van der Waals surface area contributed by atoms with Crippen LogP contribution in [0.15, 0.2) is 42.6 Å². The van der Waals surface area contributed by atoms with Crippen LogP contribution in [-0.4, -0.2) is 29.1 Å². The van der Waals surface area contributed by atoms with Crippen LogP contribution in [0.5, 0.6) is 5.75 Å². The van der Waals surface area contributed by atoms with Crippen molar-refractivity contribution in [3.63, 3.8) is 0 Å². The van der Waals surface area contributed by atoms with E-state index in [1.807, 2.05) is 32.2 Å². The molecular formula is C18H23N3O2. The fourth-order valence-electron chi connectivity index (χ4n) is 2.16. The highest BCUT2D eigenvalue weighted by atomic mass is 16.3. The van der Waals surface area contributed by atoms with Crippen molar-refractivity contribution in [2.45, 2.75) is 26.2 Å². The zero-order chi connectivity index (χ0) is 16.7. The molecule has 0 bridgehead atoms. The molecule has 0 aliphatic rings. The SMILES string of the molecule is Cc1ccc(NCCCNC(=O)[C@H](C)c2ccc(O)cc2)nc1. The summed E-state index contributed by atoms with van der Waals surface area (Å²) in [6, 6.07) is 10.7. The van der Waals surface area contributed by atoms with Crippen molar-refractivity contribution in [3.8, 4) is 5.75 Å². The van der Waals surface area contributed by atoms with E-state index in [2.05, 4.69) is 15.6 Å². The van der Waals surface area contributed by atoms with E-state index in [9.17, 15) is 9.90 Å². The summed E-state index contributed by atoms with van der Waals surface area (Å²) in [5, 5.41) is 15.4. The van der Waals surface area contributed by atoms with Crippen molar-refractivity contribution >= 4 is 11.7 Å². The van der Waals surface area contributed by atoms with Crippen LogP contribution in [0.25, 0.3) is 0 Å². The van der Waals surface area contributed by atoms with Crippen molar-refractivity contribution in [2.24, 2.45) is 0 Å². The first-order valence-electron chi connectivity index (χ1n) is 7.79. The quantitative estimate of drug-likeness (QED) is 0.687. The number of aromatic nitrogens is 1. The molecule has 0 radical (unpaired) electrons. The number of aryl methyl sites for hydroxylation is 1. The van der Waals surface area contributed by atoms with Gasteiger partial charge in [-0.05, 0) is 49.6 Å². The summed E-state index contributed by atoms with van der Waals surface area (Å²) in [6.07, 6.45) is 2.65. The van der Waals surface area contributed by atoms with Crippen LogP contribution in [0, 0.1) is 6.92 Å². The number of benzene rings is 1. The summed E-state index contributed by atoms with van der Waals surface area (Å²) in [7, 11) is 0. The Morgan fingerprint density at radius 3 is 2.57 bits per heavy atom. The lowest BCUT2D eigenvalue weighted by atomic mass is 10.0. The molecule has 3 N–H and O–H groups in total. The van der Waals surface area contributed by atoms with Gasteiger partial charge in [-0.2, -0.15) is 0 Å². The molecule has 0 saturated carbocycles. The molecule has 1 atom stereocenters. The van der Waals surface area contributed by atoms with Crippen molar-refractivity contribution in [2.75, 3.05) is 18.4 Å². The number of anilines is 1. The number of nitrogens with zero attached hydrogens (tertiary/aromatic N) is 1. The molecule has 1 aromatic carbocycles. The van der Waals surface area contributed by atoms with Gasteiger partial charge in [0.05, 0.1) is 5.92 Å². The molecule has 23 heavy (non-hydrogen) atoms. The Kier molecular flexibility index (Phi) is 5.97. The summed E-state index contributed by atoms with van der Waals surface area (Å²) in [6.45, 7) is 5.22. The van der Waals surface area contributed by atoms with Gasteiger partial charge in [0.2, 0.25) is 5.91 Å². The van der Waals surface area contributed by atoms with Gasteiger partial charge in [-0.3, -0.25) is 4.79 Å². The first-order valence-corrected chi connectivity index (χ1v) is 7.79. The minimum absolute atomic E-state index is 0.0100. The van der Waals surface area contributed by atoms with Crippen LogP contribution in [0.4, 0.5) is 5.82 Å². The van der Waals surface area contributed by atoms with Gasteiger partial charge in [0.25, 0.3) is 0 Å². The number of carbonyl (C=O) groups is 1. The van der Waals surface area contributed by atoms with Crippen LogP contribution >= 0.6 is 0 Å². The number of rotatable bonds is 7. The fraction of sp³-hybridized carbons (Fsp3) is 0.333. The number of phenolic OH excluding ortho intramolecular Hbond substituents is 1. The molecular weight excluding hydrogens is 290 g/mol. The molecule has 2 aromatic rings. The molecule has 0 unspecified atom stereocenters. The predicted octanol–water partition coefficient (Wildman–Crippen LogP) is 2.82. The van der Waals surface area contributed by atoms with E-state index in [1.54, 1.807) is 24.3 Å². The summed E-state index contributed by atoms with van der Waals surface area (Å²) in [5.41, 5.74) is 2.02. The highest BCUT2D eigenvalue weighted by Crippen LogP contribution is 2.18. The van der Waals surface area contributed by atoms with Gasteiger partial charge in [0.1, 0.15) is 11.6 Å². The molecule has 0 aliphatic heterocycles. The average Bonchev–Trinajstić information content (AvgIpc) is 2.56. The van der Waals surface area contributed by atoms with E-state index >= 15 is 0 Å². The van der Waals surface area contributed by atoms with E-state index in [4.69, 9.17) is 0 Å². The molecule has 0 aliphatic carbocycles. The Balaban J connectivity index is 1.68. The second kappa shape index (κ2) is 8.17. The van der Waals surface area contributed by atoms with Crippen LogP contribution in [0.3, 0.4) is 0 Å². The average molecular weight is 313 g/mol. The first-order chi connectivity index (χ1) is 11.1. The van der Waals surface area contributed by atoms with E-state index < -0.39 is 0 Å². The van der Waals surface area contributed by atoms with Gasteiger partial charge in [-0.25, -0.2) is 4.98 Å². The zero-order valence-electron chi connectivity index (χ0n) is 13.5. The number of amides is 1. The van der Waals surface area contributed by atoms with E-state index in [-0.39, 0.29) is 17.6 Å². The molecule has 5 heteroatoms. The van der Waals surface area contributed by atoms with Crippen molar-refractivity contribution in [3.05, 3.63) is 53.7 Å². The van der Waals surface area contributed by atoms with Gasteiger partial charge in [0, 0.05) is 19.3 Å². The van der Waals surface area contributed by atoms with Gasteiger partial charge in [-0.15, -0.1) is 0 Å². The lowest BCUT2D eigenvalue weighted by Crippen LogP contribution is -2.29. The Labute approximate surface area is 136 Å². The molecule has 2 rings (SSSR count). The summed E-state index contributed by atoms with van der Waals surface area (Å²) in [5.74, 6) is 0.808. The molecule has 1 aromatic heterocycles. The largest absolute Gasteiger partial charge is 0.508 e. The van der Waals surface area contributed by atoms with Crippen LogP contribution in [-0.2, 0) is 4.79 Å². The maximum Gasteiger partial charge on any atom is 0.227 e. The number of hydrogen-bond acceptors (Lipinski definition) is 4. The third kappa shape index (κ3) is 5.29. The fourth-order valence-corrected chi connectivity index (χ4v) is 2.16. The maximum absolute atomic E-state index is 12.1. The summed E-state index contributed by atoms with van der Waals surface area (Å²) in [4.78, 5) is 16.4. The van der Waals surface area contributed by atoms with Crippen LogP contribution < -0.4 is 10.6 Å². The second-order valence-electron chi connectivity index (χ2n) is 5.61. The lowest BCUT2D eigenvalue weighted by molar-refractivity contribution is -0.122. The van der Waals surface area contributed by atoms with E-state index in [0.717, 1.165) is 29.9 Å². The summed E-state index contributed by atoms with van der Waals surface area (Å²) < 4.78 is 0. The minimum atomic E-state index is -0.234. The Hall–Kier alpha value is -2.56. The topological polar surface area (TPSA) is 74.2 Å². The third-order valence-electron chi connectivity index (χ3n) is 3.66. The van der Waals surface area contributed by atoms with Crippen molar-refractivity contribution in [1.29, 1.82) is 0 Å². The lowest BCUT2D eigenvalue weighted by Gasteiger charge is -2.13. The zero-order valence-corrected chi connectivity index (χ0v) is 13.5. The second-order valence-corrected chi connectivity index (χ2v) is 5.61. The number of hydrogen-bond donors (Lipinski definition) is 3. The Morgan fingerprint density at radius 2 is 1.91 bits per heavy atom. The number of carbonyl (C=O) groups excluding carboxylic acids is 1. The molecule has 0 saturated heterocycles. The normalized spacial score (nSPS) is 11.7. The van der Waals surface area contributed by atoms with Crippen LogP contribution in [0.2, 0.25) is 0 Å². The number of aromatic hydroxyl groups is 1. The number of pyridine rings is 1. The maximum atomic E-state index is 12.1. The van der Waals surface area contributed by atoms with Crippen molar-refractivity contribution < 1.29 is 9.90 Å². The minimum Gasteiger partial charge on any atom is -0.508 e. The first kappa shape index (κ1) is 16.8. The number of nitrogens with one attached hydrogen (secondary N) is 2. The molecule has 1 amide bonds. The van der Waals surface area contributed by atoms with Gasteiger partial charge >= 0.3 is 0 Å². The predicted molar refractivity (Wildman–Crippen MR) is 91.6 cm³/mol.